The molecule has 0 radical (unpaired) electrons. The summed E-state index contributed by atoms with van der Waals surface area (Å²) in [7, 11) is 0. The first-order chi connectivity index (χ1) is 17.4. The van der Waals surface area contributed by atoms with Crippen molar-refractivity contribution in [2.75, 3.05) is 16.5 Å². The molecule has 2 aliphatic heterocycles. The molecule has 1 amide bonds. The zero-order valence-electron chi connectivity index (χ0n) is 20.2. The Balaban J connectivity index is 1.61. The molecule has 0 spiro atoms. The summed E-state index contributed by atoms with van der Waals surface area (Å²) < 4.78 is 2.95. The molecule has 2 aliphatic rings. The number of aromatic nitrogens is 1. The number of thiazole rings is 1. The second-order valence-electron chi connectivity index (χ2n) is 8.37. The Morgan fingerprint density at radius 3 is 2.56 bits per heavy atom. The molecule has 0 bridgehead atoms. The van der Waals surface area contributed by atoms with Crippen LogP contribution in [-0.2, 0) is 11.3 Å². The molecule has 0 atom stereocenters. The van der Waals surface area contributed by atoms with Crippen LogP contribution in [0.15, 0.2) is 74.4 Å². The van der Waals surface area contributed by atoms with Gasteiger partial charge in [-0.05, 0) is 62.8 Å². The highest BCUT2D eigenvalue weighted by molar-refractivity contribution is 8.03. The number of carbonyl (C=O) groups excluding carboxylic acids is 1. The van der Waals surface area contributed by atoms with Gasteiger partial charge in [0.05, 0.1) is 32.2 Å². The van der Waals surface area contributed by atoms with Crippen LogP contribution in [0.4, 0.5) is 11.4 Å². The third kappa shape index (κ3) is 4.34. The lowest BCUT2D eigenvalue weighted by atomic mass is 10.2. The Labute approximate surface area is 222 Å². The minimum absolute atomic E-state index is 0.0911. The zero-order valence-corrected chi connectivity index (χ0v) is 22.6. The number of halogens is 1. The third-order valence-corrected chi connectivity index (χ3v) is 8.49. The van der Waals surface area contributed by atoms with E-state index in [0.717, 1.165) is 28.6 Å². The molecule has 2 aromatic carbocycles. The molecule has 0 N–H and O–H groups in total. The molecule has 5 rings (SSSR count). The van der Waals surface area contributed by atoms with Gasteiger partial charge in [0.25, 0.3) is 11.5 Å². The summed E-state index contributed by atoms with van der Waals surface area (Å²) in [6, 6.07) is 15.2. The number of allylic oxidation sites excluding steroid dienone is 1. The van der Waals surface area contributed by atoms with E-state index in [4.69, 9.17) is 11.6 Å². The van der Waals surface area contributed by atoms with E-state index in [9.17, 15) is 9.59 Å². The van der Waals surface area contributed by atoms with Crippen molar-refractivity contribution in [2.45, 2.75) is 38.6 Å². The fraction of sp³-hybridized carbons (Fsp3) is 0.222. The van der Waals surface area contributed by atoms with Gasteiger partial charge in [0, 0.05) is 23.0 Å². The van der Waals surface area contributed by atoms with Crippen molar-refractivity contribution < 1.29 is 4.79 Å². The lowest BCUT2D eigenvalue weighted by Gasteiger charge is -2.17. The van der Waals surface area contributed by atoms with Crippen molar-refractivity contribution in [3.63, 3.8) is 0 Å². The fourth-order valence-electron chi connectivity index (χ4n) is 4.31. The third-order valence-electron chi connectivity index (χ3n) is 5.97. The Hall–Kier alpha value is -3.07. The molecular formula is C27H25ClN4O2S2. The Morgan fingerprint density at radius 1 is 1.06 bits per heavy atom. The van der Waals surface area contributed by atoms with Gasteiger partial charge in [-0.3, -0.25) is 14.2 Å². The number of anilines is 2. The van der Waals surface area contributed by atoms with E-state index in [-0.39, 0.29) is 11.5 Å². The molecule has 36 heavy (non-hydrogen) atoms. The Kier molecular flexibility index (Phi) is 6.92. The van der Waals surface area contributed by atoms with Gasteiger partial charge in [0.1, 0.15) is 4.66 Å². The van der Waals surface area contributed by atoms with Crippen LogP contribution in [-0.4, -0.2) is 22.7 Å². The zero-order chi connectivity index (χ0) is 25.4. The quantitative estimate of drug-likeness (QED) is 0.470. The van der Waals surface area contributed by atoms with E-state index in [1.165, 1.54) is 16.3 Å². The van der Waals surface area contributed by atoms with Crippen LogP contribution in [0.25, 0.3) is 11.6 Å². The van der Waals surface area contributed by atoms with Gasteiger partial charge < -0.3 is 4.90 Å². The molecule has 1 aromatic heterocycles. The minimum atomic E-state index is -0.217. The molecule has 6 nitrogen and oxygen atoms in total. The predicted molar refractivity (Wildman–Crippen MR) is 151 cm³/mol. The average Bonchev–Trinajstić information content (AvgIpc) is 3.48. The van der Waals surface area contributed by atoms with E-state index in [0.29, 0.717) is 37.7 Å². The number of benzene rings is 2. The van der Waals surface area contributed by atoms with Gasteiger partial charge >= 0.3 is 0 Å². The second kappa shape index (κ2) is 10.1. The number of amides is 1. The van der Waals surface area contributed by atoms with E-state index in [2.05, 4.69) is 16.9 Å². The smallest absolute Gasteiger partial charge is 0.283 e. The molecule has 0 saturated heterocycles. The monoisotopic (exact) mass is 536 g/mol. The van der Waals surface area contributed by atoms with E-state index in [1.807, 2.05) is 74.5 Å². The number of fused-ring (bicyclic) bond motifs is 1. The number of hydrogen-bond acceptors (Lipinski definition) is 6. The van der Waals surface area contributed by atoms with Crippen molar-refractivity contribution in [1.29, 1.82) is 0 Å². The molecule has 3 aromatic rings. The summed E-state index contributed by atoms with van der Waals surface area (Å²) in [5.74, 6) is -0.217. The average molecular weight is 537 g/mol. The summed E-state index contributed by atoms with van der Waals surface area (Å²) in [4.78, 5) is 30.2. The lowest BCUT2D eigenvalue weighted by Crippen LogP contribution is -2.34. The topological polar surface area (TPSA) is 57.9 Å². The van der Waals surface area contributed by atoms with Crippen LogP contribution >= 0.6 is 34.7 Å². The molecule has 3 heterocycles. The number of carbonyl (C=O) groups is 1. The number of thioether (sulfide) groups is 1. The maximum atomic E-state index is 13.4. The van der Waals surface area contributed by atoms with Crippen LogP contribution in [0.5, 0.6) is 0 Å². The first kappa shape index (κ1) is 24.6. The van der Waals surface area contributed by atoms with Crippen LogP contribution in [0, 0.1) is 0 Å². The van der Waals surface area contributed by atoms with Crippen molar-refractivity contribution in [2.24, 2.45) is 5.10 Å². The van der Waals surface area contributed by atoms with Crippen molar-refractivity contribution in [3.05, 3.63) is 84.2 Å². The van der Waals surface area contributed by atoms with Gasteiger partial charge in [-0.1, -0.05) is 48.5 Å². The highest BCUT2D eigenvalue weighted by Gasteiger charge is 2.31. The van der Waals surface area contributed by atoms with E-state index >= 15 is 0 Å². The summed E-state index contributed by atoms with van der Waals surface area (Å²) in [5.41, 5.74) is 2.77. The summed E-state index contributed by atoms with van der Waals surface area (Å²) in [6.07, 6.45) is 4.62. The number of nitrogens with zero attached hydrogens (tertiary/aromatic N) is 4. The van der Waals surface area contributed by atoms with Gasteiger partial charge in [-0.2, -0.15) is 10.1 Å². The first-order valence-electron chi connectivity index (χ1n) is 11.8. The van der Waals surface area contributed by atoms with Crippen LogP contribution < -0.4 is 24.7 Å². The molecular weight excluding hydrogens is 512 g/mol. The van der Waals surface area contributed by atoms with Gasteiger partial charge in [0.2, 0.25) is 0 Å². The van der Waals surface area contributed by atoms with Crippen molar-refractivity contribution in [3.8, 4) is 0 Å². The lowest BCUT2D eigenvalue weighted by molar-refractivity contribution is -0.112. The molecule has 184 valence electrons. The number of para-hydroxylation sites is 1. The number of hydrogen-bond donors (Lipinski definition) is 0. The van der Waals surface area contributed by atoms with Crippen molar-refractivity contribution >= 4 is 69.3 Å². The van der Waals surface area contributed by atoms with Crippen LogP contribution in [0.2, 0.25) is 5.02 Å². The second-order valence-corrected chi connectivity index (χ2v) is 10.9. The van der Waals surface area contributed by atoms with Gasteiger partial charge in [-0.15, -0.1) is 11.3 Å². The van der Waals surface area contributed by atoms with Crippen LogP contribution in [0.3, 0.4) is 0 Å². The van der Waals surface area contributed by atoms with Gasteiger partial charge in [-0.25, -0.2) is 0 Å². The number of rotatable bonds is 5. The van der Waals surface area contributed by atoms with E-state index in [1.54, 1.807) is 16.3 Å². The Morgan fingerprint density at radius 2 is 1.83 bits per heavy atom. The molecule has 9 heteroatoms. The fourth-order valence-corrected chi connectivity index (χ4v) is 6.75. The van der Waals surface area contributed by atoms with Gasteiger partial charge in [0.15, 0.2) is 0 Å². The molecule has 0 aliphatic carbocycles. The van der Waals surface area contributed by atoms with Crippen molar-refractivity contribution in [1.82, 2.24) is 4.57 Å². The summed E-state index contributed by atoms with van der Waals surface area (Å²) >= 11 is 9.22. The highest BCUT2D eigenvalue weighted by Crippen LogP contribution is 2.46. The molecule has 0 saturated carbocycles. The molecule has 0 fully saturated rings. The maximum absolute atomic E-state index is 13.4. The summed E-state index contributed by atoms with van der Waals surface area (Å²) in [5, 5.41) is 7.65. The van der Waals surface area contributed by atoms with E-state index < -0.39 is 0 Å². The molecule has 0 unspecified atom stereocenters. The predicted octanol–water partition coefficient (Wildman–Crippen LogP) is 4.80. The maximum Gasteiger partial charge on any atom is 0.283 e. The standard InChI is InChI=1S/C27H25ClN4O2S2/c1-4-15-31-25(33)22(13-14-23-30(5-2)20-16-18(28)11-12-21(20)35-23)36-27(31)24-17(3)29-32(26(24)34)19-9-7-6-8-10-19/h6-14,16H,4-5,15H2,1-3H3/b22-13?,23-14+,27-24?. The number of hydrazone groups is 1. The normalized spacial score (nSPS) is 18.4. The largest absolute Gasteiger partial charge is 0.335 e. The highest BCUT2D eigenvalue weighted by atomic mass is 35.5. The van der Waals surface area contributed by atoms with Crippen LogP contribution in [0.1, 0.15) is 27.2 Å². The Bertz CT molecular complexity index is 1590. The first-order valence-corrected chi connectivity index (χ1v) is 13.8. The SMILES string of the molecule is CCCn1c(=C2C(=O)N(c3ccccc3)N=C2C)sc(=C/C=C2/Sc3ccc(Cl)cc3N2CC)c1=O. The minimum Gasteiger partial charge on any atom is -0.335 e. The summed E-state index contributed by atoms with van der Waals surface area (Å²) in [6.45, 7) is 7.25.